The predicted octanol–water partition coefficient (Wildman–Crippen LogP) is 2.36. The fourth-order valence-electron chi connectivity index (χ4n) is 1.21. The number of benzene rings is 1. The van der Waals surface area contributed by atoms with Crippen LogP contribution in [0.4, 0.5) is 0 Å². The maximum absolute atomic E-state index is 11.0. The smallest absolute Gasteiger partial charge is 0.308 e. The Bertz CT molecular complexity index is 496. The van der Waals surface area contributed by atoms with Crippen molar-refractivity contribution in [1.29, 1.82) is 0 Å². The Morgan fingerprint density at radius 2 is 1.94 bits per heavy atom. The highest BCUT2D eigenvalue weighted by molar-refractivity contribution is 5.77. The Morgan fingerprint density at radius 1 is 1.33 bits per heavy atom. The second kappa shape index (κ2) is 6.04. The van der Waals surface area contributed by atoms with Crippen molar-refractivity contribution >= 4 is 11.7 Å². The largest absolute Gasteiger partial charge is 0.425 e. The van der Waals surface area contributed by atoms with Crippen LogP contribution >= 0.6 is 0 Å². The van der Waals surface area contributed by atoms with Gasteiger partial charge in [0.15, 0.2) is 0 Å². The van der Waals surface area contributed by atoms with E-state index in [0.717, 1.165) is 5.56 Å². The molecule has 0 radical (unpaired) electrons. The third-order valence-corrected chi connectivity index (χ3v) is 1.89. The summed E-state index contributed by atoms with van der Waals surface area (Å²) in [6.07, 6.45) is 1.48. The predicted molar refractivity (Wildman–Crippen MR) is 70.3 cm³/mol. The first-order valence-corrected chi connectivity index (χ1v) is 5.57. The minimum Gasteiger partial charge on any atom is -0.425 e. The molecular formula is C15H16O3. The van der Waals surface area contributed by atoms with Gasteiger partial charge in [0.25, 0.3) is 0 Å². The van der Waals surface area contributed by atoms with Gasteiger partial charge in [-0.05, 0) is 13.8 Å². The van der Waals surface area contributed by atoms with Crippen LogP contribution in [-0.2, 0) is 9.53 Å². The molecule has 0 spiro atoms. The van der Waals surface area contributed by atoms with Gasteiger partial charge in [0.2, 0.25) is 0 Å². The summed E-state index contributed by atoms with van der Waals surface area (Å²) in [5, 5.41) is 9.47. The monoisotopic (exact) mass is 244 g/mol. The summed E-state index contributed by atoms with van der Waals surface area (Å²) in [5.41, 5.74) is -0.313. The van der Waals surface area contributed by atoms with Crippen molar-refractivity contribution in [2.24, 2.45) is 0 Å². The van der Waals surface area contributed by atoms with Crippen molar-refractivity contribution in [3.05, 3.63) is 42.0 Å². The molecule has 0 fully saturated rings. The minimum atomic E-state index is -1.07. The second-order valence-corrected chi connectivity index (χ2v) is 4.30. The van der Waals surface area contributed by atoms with E-state index in [9.17, 15) is 9.90 Å². The molecular weight excluding hydrogens is 228 g/mol. The molecule has 0 aliphatic carbocycles. The lowest BCUT2D eigenvalue weighted by molar-refractivity contribution is -0.134. The molecule has 3 heteroatoms. The molecule has 1 aromatic rings. The van der Waals surface area contributed by atoms with Gasteiger partial charge in [0.05, 0.1) is 0 Å². The van der Waals surface area contributed by atoms with E-state index in [-0.39, 0.29) is 0 Å². The van der Waals surface area contributed by atoms with Crippen molar-refractivity contribution in [2.45, 2.75) is 26.4 Å². The lowest BCUT2D eigenvalue weighted by Crippen LogP contribution is -2.14. The molecule has 0 aliphatic heterocycles. The van der Waals surface area contributed by atoms with Gasteiger partial charge < -0.3 is 9.84 Å². The third-order valence-electron chi connectivity index (χ3n) is 1.89. The van der Waals surface area contributed by atoms with Crippen molar-refractivity contribution in [3.8, 4) is 11.8 Å². The summed E-state index contributed by atoms with van der Waals surface area (Å²) in [7, 11) is 0. The van der Waals surface area contributed by atoms with Gasteiger partial charge in [0.1, 0.15) is 11.4 Å². The van der Waals surface area contributed by atoms with Crippen LogP contribution in [0.15, 0.2) is 36.4 Å². The van der Waals surface area contributed by atoms with E-state index >= 15 is 0 Å². The average molecular weight is 244 g/mol. The standard InChI is InChI=1S/C15H16O3/c1-12(16)18-14(10-7-11-15(2,3)17)13-8-5-4-6-9-13/h4-6,8-10,17H,1-3H3/b14-10-. The van der Waals surface area contributed by atoms with Crippen LogP contribution < -0.4 is 0 Å². The lowest BCUT2D eigenvalue weighted by atomic mass is 10.1. The second-order valence-electron chi connectivity index (χ2n) is 4.30. The molecule has 0 atom stereocenters. The Labute approximate surface area is 107 Å². The van der Waals surface area contributed by atoms with Gasteiger partial charge in [0, 0.05) is 18.6 Å². The molecule has 0 bridgehead atoms. The molecule has 3 nitrogen and oxygen atoms in total. The van der Waals surface area contributed by atoms with E-state index in [2.05, 4.69) is 11.8 Å². The topological polar surface area (TPSA) is 46.5 Å². The highest BCUT2D eigenvalue weighted by Crippen LogP contribution is 2.15. The Kier molecular flexibility index (Phi) is 4.70. The molecule has 1 aromatic carbocycles. The molecule has 1 rings (SSSR count). The molecule has 0 aliphatic rings. The molecule has 0 saturated carbocycles. The van der Waals surface area contributed by atoms with Crippen molar-refractivity contribution in [1.82, 2.24) is 0 Å². The number of carbonyl (C=O) groups is 1. The maximum atomic E-state index is 11.0. The molecule has 0 unspecified atom stereocenters. The average Bonchev–Trinajstić information content (AvgIpc) is 2.27. The molecule has 0 saturated heterocycles. The molecule has 0 aromatic heterocycles. The highest BCUT2D eigenvalue weighted by Gasteiger charge is 2.07. The number of hydrogen-bond acceptors (Lipinski definition) is 3. The fraction of sp³-hybridized carbons (Fsp3) is 0.267. The van der Waals surface area contributed by atoms with Crippen molar-refractivity contribution in [3.63, 3.8) is 0 Å². The highest BCUT2D eigenvalue weighted by atomic mass is 16.5. The zero-order valence-electron chi connectivity index (χ0n) is 10.7. The summed E-state index contributed by atoms with van der Waals surface area (Å²) in [6.45, 7) is 4.50. The first kappa shape index (κ1) is 14.0. The number of hydrogen-bond donors (Lipinski definition) is 1. The molecule has 0 amide bonds. The van der Waals surface area contributed by atoms with Gasteiger partial charge >= 0.3 is 5.97 Å². The van der Waals surface area contributed by atoms with E-state index < -0.39 is 11.6 Å². The Morgan fingerprint density at radius 3 is 2.44 bits per heavy atom. The molecule has 94 valence electrons. The van der Waals surface area contributed by atoms with Crippen LogP contribution in [0.2, 0.25) is 0 Å². The zero-order valence-corrected chi connectivity index (χ0v) is 10.7. The van der Waals surface area contributed by atoms with Gasteiger partial charge in [-0.2, -0.15) is 0 Å². The number of esters is 1. The number of allylic oxidation sites excluding steroid dienone is 1. The van der Waals surface area contributed by atoms with E-state index in [1.54, 1.807) is 13.8 Å². The summed E-state index contributed by atoms with van der Waals surface area (Å²) in [5.74, 6) is 5.29. The Hall–Kier alpha value is -2.05. The van der Waals surface area contributed by atoms with Crippen molar-refractivity contribution < 1.29 is 14.6 Å². The first-order chi connectivity index (χ1) is 8.38. The normalized spacial score (nSPS) is 11.4. The van der Waals surface area contributed by atoms with Crippen LogP contribution in [0.3, 0.4) is 0 Å². The van der Waals surface area contributed by atoms with Crippen LogP contribution in [-0.4, -0.2) is 16.7 Å². The van der Waals surface area contributed by atoms with E-state index in [4.69, 9.17) is 4.74 Å². The Balaban J connectivity index is 3.02. The number of ether oxygens (including phenoxy) is 1. The SMILES string of the molecule is CC(=O)O/C(=C\C#CC(C)(C)O)c1ccccc1. The van der Waals surface area contributed by atoms with Gasteiger partial charge in [-0.15, -0.1) is 0 Å². The number of aliphatic hydroxyl groups is 1. The first-order valence-electron chi connectivity index (χ1n) is 5.57. The zero-order chi connectivity index (χ0) is 13.6. The maximum Gasteiger partial charge on any atom is 0.308 e. The summed E-state index contributed by atoms with van der Waals surface area (Å²) in [4.78, 5) is 11.0. The van der Waals surface area contributed by atoms with Crippen LogP contribution in [0.25, 0.3) is 5.76 Å². The van der Waals surface area contributed by atoms with Gasteiger partial charge in [-0.25, -0.2) is 0 Å². The van der Waals surface area contributed by atoms with Crippen molar-refractivity contribution in [2.75, 3.05) is 0 Å². The molecule has 0 heterocycles. The number of rotatable bonds is 2. The lowest BCUT2D eigenvalue weighted by Gasteiger charge is -2.07. The third kappa shape index (κ3) is 5.33. The van der Waals surface area contributed by atoms with E-state index in [0.29, 0.717) is 5.76 Å². The van der Waals surface area contributed by atoms with E-state index in [1.165, 1.54) is 13.0 Å². The summed E-state index contributed by atoms with van der Waals surface area (Å²) in [6, 6.07) is 9.20. The molecule has 18 heavy (non-hydrogen) atoms. The summed E-state index contributed by atoms with van der Waals surface area (Å²) < 4.78 is 5.09. The van der Waals surface area contributed by atoms with E-state index in [1.807, 2.05) is 30.3 Å². The van der Waals surface area contributed by atoms with Crippen LogP contribution in [0.1, 0.15) is 26.3 Å². The molecule has 1 N–H and O–H groups in total. The number of carbonyl (C=O) groups excluding carboxylic acids is 1. The minimum absolute atomic E-state index is 0.375. The summed E-state index contributed by atoms with van der Waals surface area (Å²) >= 11 is 0. The van der Waals surface area contributed by atoms with Crippen LogP contribution in [0, 0.1) is 11.8 Å². The van der Waals surface area contributed by atoms with Gasteiger partial charge in [-0.3, -0.25) is 4.79 Å². The quantitative estimate of drug-likeness (QED) is 0.493. The van der Waals surface area contributed by atoms with Crippen LogP contribution in [0.5, 0.6) is 0 Å². The van der Waals surface area contributed by atoms with Gasteiger partial charge in [-0.1, -0.05) is 42.2 Å². The fourth-order valence-corrected chi connectivity index (χ4v) is 1.21.